The average molecular weight is 215 g/mol. The predicted octanol–water partition coefficient (Wildman–Crippen LogP) is 1.82. The van der Waals surface area contributed by atoms with Gasteiger partial charge in [0, 0.05) is 26.8 Å². The highest BCUT2D eigenvalue weighted by atomic mass is 16.5. The summed E-state index contributed by atoms with van der Waals surface area (Å²) in [6.45, 7) is 6.24. The molecule has 2 unspecified atom stereocenters. The molecule has 3 heteroatoms. The van der Waals surface area contributed by atoms with Crippen LogP contribution in [-0.2, 0) is 9.47 Å². The van der Waals surface area contributed by atoms with Gasteiger partial charge in [0.2, 0.25) is 0 Å². The van der Waals surface area contributed by atoms with Crippen LogP contribution in [0.3, 0.4) is 0 Å². The van der Waals surface area contributed by atoms with E-state index in [1.807, 2.05) is 0 Å². The van der Waals surface area contributed by atoms with Crippen LogP contribution in [0.15, 0.2) is 0 Å². The van der Waals surface area contributed by atoms with Gasteiger partial charge in [0.15, 0.2) is 0 Å². The lowest BCUT2D eigenvalue weighted by Crippen LogP contribution is -2.43. The number of methoxy groups -OCH3 is 2. The molecular weight excluding hydrogens is 190 g/mol. The molecule has 1 saturated carbocycles. The van der Waals surface area contributed by atoms with Crippen molar-refractivity contribution < 1.29 is 9.47 Å². The van der Waals surface area contributed by atoms with E-state index in [1.54, 1.807) is 14.2 Å². The third kappa shape index (κ3) is 3.74. The van der Waals surface area contributed by atoms with Crippen LogP contribution in [0.1, 0.15) is 33.1 Å². The summed E-state index contributed by atoms with van der Waals surface area (Å²) >= 11 is 0. The van der Waals surface area contributed by atoms with E-state index in [4.69, 9.17) is 9.47 Å². The minimum absolute atomic E-state index is 0.173. The molecular formula is C12H25NO2. The van der Waals surface area contributed by atoms with E-state index < -0.39 is 0 Å². The Morgan fingerprint density at radius 2 is 2.13 bits per heavy atom. The molecule has 1 aliphatic rings. The van der Waals surface area contributed by atoms with Gasteiger partial charge in [-0.25, -0.2) is 0 Å². The molecule has 0 aliphatic heterocycles. The van der Waals surface area contributed by atoms with Crippen molar-refractivity contribution in [2.24, 2.45) is 5.41 Å². The van der Waals surface area contributed by atoms with Crippen LogP contribution in [-0.4, -0.2) is 39.5 Å². The first-order valence-corrected chi connectivity index (χ1v) is 5.85. The zero-order chi connectivity index (χ0) is 11.3. The van der Waals surface area contributed by atoms with Crippen LogP contribution in [0.25, 0.3) is 0 Å². The molecule has 0 bridgehead atoms. The molecule has 0 spiro atoms. The van der Waals surface area contributed by atoms with Gasteiger partial charge in [0.05, 0.1) is 12.7 Å². The maximum atomic E-state index is 5.33. The molecule has 0 aromatic carbocycles. The standard InChI is InChI=1S/C12H25NO2/c1-12(2)7-5-6-11(12)13-8-10(15-4)9-14-3/h10-11,13H,5-9H2,1-4H3. The van der Waals surface area contributed by atoms with Crippen molar-refractivity contribution in [3.05, 3.63) is 0 Å². The first-order chi connectivity index (χ1) is 7.10. The summed E-state index contributed by atoms with van der Waals surface area (Å²) in [5.74, 6) is 0. The molecule has 0 saturated heterocycles. The Kier molecular flexibility index (Phi) is 5.03. The highest BCUT2D eigenvalue weighted by Crippen LogP contribution is 2.37. The van der Waals surface area contributed by atoms with Crippen LogP contribution >= 0.6 is 0 Å². The number of rotatable bonds is 6. The van der Waals surface area contributed by atoms with Crippen LogP contribution in [0, 0.1) is 5.41 Å². The lowest BCUT2D eigenvalue weighted by atomic mass is 9.87. The summed E-state index contributed by atoms with van der Waals surface area (Å²) in [6.07, 6.45) is 4.13. The smallest absolute Gasteiger partial charge is 0.0928 e. The molecule has 0 heterocycles. The molecule has 0 radical (unpaired) electrons. The predicted molar refractivity (Wildman–Crippen MR) is 62.1 cm³/mol. The van der Waals surface area contributed by atoms with Crippen LogP contribution in [0.2, 0.25) is 0 Å². The molecule has 1 fully saturated rings. The number of ether oxygens (including phenoxy) is 2. The quantitative estimate of drug-likeness (QED) is 0.733. The average Bonchev–Trinajstić information content (AvgIpc) is 2.52. The number of hydrogen-bond donors (Lipinski definition) is 1. The summed E-state index contributed by atoms with van der Waals surface area (Å²) in [6, 6.07) is 0.631. The Hall–Kier alpha value is -0.120. The molecule has 1 N–H and O–H groups in total. The minimum atomic E-state index is 0.173. The molecule has 0 aromatic rings. The summed E-state index contributed by atoms with van der Waals surface area (Å²) in [5.41, 5.74) is 0.436. The SMILES string of the molecule is COCC(CNC1CCCC1(C)C)OC. The van der Waals surface area contributed by atoms with Crippen LogP contribution in [0.4, 0.5) is 0 Å². The van der Waals surface area contributed by atoms with Gasteiger partial charge in [-0.3, -0.25) is 0 Å². The van der Waals surface area contributed by atoms with Gasteiger partial charge in [-0.15, -0.1) is 0 Å². The van der Waals surface area contributed by atoms with Gasteiger partial charge in [0.25, 0.3) is 0 Å². The topological polar surface area (TPSA) is 30.5 Å². The second-order valence-corrected chi connectivity index (χ2v) is 5.15. The first kappa shape index (κ1) is 12.9. The van der Waals surface area contributed by atoms with E-state index in [2.05, 4.69) is 19.2 Å². The monoisotopic (exact) mass is 215 g/mol. The lowest BCUT2D eigenvalue weighted by Gasteiger charge is -2.29. The molecule has 1 rings (SSSR count). The first-order valence-electron chi connectivity index (χ1n) is 5.85. The highest BCUT2D eigenvalue weighted by Gasteiger charge is 2.34. The maximum absolute atomic E-state index is 5.33. The van der Waals surface area contributed by atoms with Crippen molar-refractivity contribution in [3.63, 3.8) is 0 Å². The summed E-state index contributed by atoms with van der Waals surface area (Å²) in [5, 5.41) is 3.60. The van der Waals surface area contributed by atoms with Crippen molar-refractivity contribution in [2.75, 3.05) is 27.4 Å². The zero-order valence-corrected chi connectivity index (χ0v) is 10.5. The van der Waals surface area contributed by atoms with Crippen LogP contribution < -0.4 is 5.32 Å². The van der Waals surface area contributed by atoms with Crippen molar-refractivity contribution in [3.8, 4) is 0 Å². The summed E-state index contributed by atoms with van der Waals surface area (Å²) in [7, 11) is 3.46. The van der Waals surface area contributed by atoms with Crippen LogP contribution in [0.5, 0.6) is 0 Å². The highest BCUT2D eigenvalue weighted by molar-refractivity contribution is 4.90. The van der Waals surface area contributed by atoms with E-state index >= 15 is 0 Å². The number of nitrogens with one attached hydrogen (secondary N) is 1. The summed E-state index contributed by atoms with van der Waals surface area (Å²) < 4.78 is 10.4. The molecule has 90 valence electrons. The molecule has 2 atom stereocenters. The van der Waals surface area contributed by atoms with E-state index in [9.17, 15) is 0 Å². The fraction of sp³-hybridized carbons (Fsp3) is 1.00. The van der Waals surface area contributed by atoms with Crippen molar-refractivity contribution in [1.82, 2.24) is 5.32 Å². The Balaban J connectivity index is 2.29. The van der Waals surface area contributed by atoms with Gasteiger partial charge in [-0.2, -0.15) is 0 Å². The third-order valence-electron chi connectivity index (χ3n) is 3.54. The molecule has 0 aromatic heterocycles. The van der Waals surface area contributed by atoms with Crippen molar-refractivity contribution in [2.45, 2.75) is 45.3 Å². The van der Waals surface area contributed by atoms with E-state index in [1.165, 1.54) is 19.3 Å². The largest absolute Gasteiger partial charge is 0.382 e. The molecule has 15 heavy (non-hydrogen) atoms. The molecule has 1 aliphatic carbocycles. The molecule has 3 nitrogen and oxygen atoms in total. The lowest BCUT2D eigenvalue weighted by molar-refractivity contribution is 0.0253. The Bertz CT molecular complexity index is 182. The number of hydrogen-bond acceptors (Lipinski definition) is 3. The normalized spacial score (nSPS) is 26.8. The fourth-order valence-corrected chi connectivity index (χ4v) is 2.38. The Morgan fingerprint density at radius 3 is 2.60 bits per heavy atom. The van der Waals surface area contributed by atoms with Gasteiger partial charge in [0.1, 0.15) is 0 Å². The second-order valence-electron chi connectivity index (χ2n) is 5.15. The van der Waals surface area contributed by atoms with E-state index in [-0.39, 0.29) is 6.10 Å². The van der Waals surface area contributed by atoms with Gasteiger partial charge in [-0.1, -0.05) is 20.3 Å². The molecule has 0 amide bonds. The van der Waals surface area contributed by atoms with Crippen molar-refractivity contribution in [1.29, 1.82) is 0 Å². The minimum Gasteiger partial charge on any atom is -0.382 e. The maximum Gasteiger partial charge on any atom is 0.0928 e. The van der Waals surface area contributed by atoms with Gasteiger partial charge >= 0.3 is 0 Å². The van der Waals surface area contributed by atoms with Gasteiger partial charge in [-0.05, 0) is 18.3 Å². The van der Waals surface area contributed by atoms with Crippen molar-refractivity contribution >= 4 is 0 Å². The van der Waals surface area contributed by atoms with E-state index in [0.29, 0.717) is 18.1 Å². The summed E-state index contributed by atoms with van der Waals surface area (Å²) in [4.78, 5) is 0. The van der Waals surface area contributed by atoms with Gasteiger partial charge < -0.3 is 14.8 Å². The fourth-order valence-electron chi connectivity index (χ4n) is 2.38. The Labute approximate surface area is 93.5 Å². The zero-order valence-electron chi connectivity index (χ0n) is 10.5. The second kappa shape index (κ2) is 5.83. The Morgan fingerprint density at radius 1 is 1.40 bits per heavy atom. The van der Waals surface area contributed by atoms with E-state index in [0.717, 1.165) is 6.54 Å². The third-order valence-corrected chi connectivity index (χ3v) is 3.54.